The lowest BCUT2D eigenvalue weighted by atomic mass is 10.0. The average Bonchev–Trinajstić information content (AvgIpc) is 3.21. The number of carbonyl (C=O) groups is 2. The van der Waals surface area contributed by atoms with Crippen LogP contribution >= 0.6 is 0 Å². The zero-order valence-electron chi connectivity index (χ0n) is 20.5. The Morgan fingerprint density at radius 1 is 1.12 bits per heavy atom. The molecule has 1 aromatic carbocycles. The van der Waals surface area contributed by atoms with Crippen LogP contribution in [-0.4, -0.2) is 102 Å². The third kappa shape index (κ3) is 5.33. The van der Waals surface area contributed by atoms with Crippen molar-refractivity contribution in [2.24, 2.45) is 0 Å². The molecular weight excluding hydrogens is 402 g/mol. The molecule has 2 aliphatic rings. The highest BCUT2D eigenvalue weighted by Crippen LogP contribution is 2.19. The first kappa shape index (κ1) is 21.5. The van der Waals surface area contributed by atoms with Gasteiger partial charge in [-0.05, 0) is 63.0 Å². The van der Waals surface area contributed by atoms with Gasteiger partial charge in [0.25, 0.3) is 5.91 Å². The van der Waals surface area contributed by atoms with Gasteiger partial charge in [-0.1, -0.05) is 19.4 Å². The van der Waals surface area contributed by atoms with Crippen LogP contribution < -0.4 is 0 Å². The molecule has 7 nitrogen and oxygen atoms in total. The number of nitrogens with one attached hydrogen (secondary N) is 1. The van der Waals surface area contributed by atoms with Gasteiger partial charge in [0.05, 0.1) is 1.37 Å². The van der Waals surface area contributed by atoms with E-state index in [0.717, 1.165) is 63.0 Å². The number of hydrogen-bond acceptors (Lipinski definition) is 4. The number of fused-ring (bicyclic) bond motifs is 1. The lowest BCUT2D eigenvalue weighted by molar-refractivity contribution is -0.134. The van der Waals surface area contributed by atoms with E-state index >= 15 is 0 Å². The second-order valence-electron chi connectivity index (χ2n) is 9.25. The van der Waals surface area contributed by atoms with Crippen LogP contribution in [0.1, 0.15) is 44.3 Å². The third-order valence-electron chi connectivity index (χ3n) is 7.00. The smallest absolute Gasteiger partial charge is 0.254 e. The number of amides is 2. The molecule has 0 atom stereocenters. The number of unbranched alkanes of at least 4 members (excludes halogenated alkanes) is 1. The van der Waals surface area contributed by atoms with Crippen molar-refractivity contribution in [3.05, 3.63) is 36.0 Å². The molecule has 0 radical (unpaired) electrons. The Kier molecular flexibility index (Phi) is 7.04. The molecule has 2 fully saturated rings. The predicted octanol–water partition coefficient (Wildman–Crippen LogP) is 2.65. The summed E-state index contributed by atoms with van der Waals surface area (Å²) in [4.78, 5) is 37.9. The lowest BCUT2D eigenvalue weighted by Gasteiger charge is -2.42. The van der Waals surface area contributed by atoms with Gasteiger partial charge in [-0.3, -0.25) is 14.5 Å². The minimum atomic E-state index is -0.121. The lowest BCUT2D eigenvalue weighted by Crippen LogP contribution is -2.55. The van der Waals surface area contributed by atoms with Crippen molar-refractivity contribution >= 4 is 22.7 Å². The van der Waals surface area contributed by atoms with Crippen molar-refractivity contribution in [3.8, 4) is 0 Å². The number of benzene rings is 1. The van der Waals surface area contributed by atoms with Crippen molar-refractivity contribution in [2.75, 3.05) is 59.4 Å². The molecule has 2 amide bonds. The fourth-order valence-corrected chi connectivity index (χ4v) is 4.86. The molecule has 1 N–H and O–H groups in total. The summed E-state index contributed by atoms with van der Waals surface area (Å²) in [6.45, 7) is 8.40. The molecule has 174 valence electrons. The van der Waals surface area contributed by atoms with Crippen LogP contribution in [-0.2, 0) is 4.79 Å². The maximum atomic E-state index is 13.3. The van der Waals surface area contributed by atoms with E-state index in [1.165, 1.54) is 12.8 Å². The summed E-state index contributed by atoms with van der Waals surface area (Å²) in [5, 5.41) is 0.912. The highest BCUT2D eigenvalue weighted by atomic mass is 16.2. The second kappa shape index (κ2) is 10.5. The molecular formula is C25H37N5O2. The Hall–Kier alpha value is -2.38. The third-order valence-corrected chi connectivity index (χ3v) is 7.00. The van der Waals surface area contributed by atoms with E-state index in [2.05, 4.69) is 28.8 Å². The molecule has 0 spiro atoms. The Bertz CT molecular complexity index is 961. The van der Waals surface area contributed by atoms with Crippen molar-refractivity contribution in [2.45, 2.75) is 38.6 Å². The van der Waals surface area contributed by atoms with Gasteiger partial charge in [-0.25, -0.2) is 0 Å². The van der Waals surface area contributed by atoms with Gasteiger partial charge >= 0.3 is 0 Å². The number of piperazine rings is 1. The summed E-state index contributed by atoms with van der Waals surface area (Å²) < 4.78 is 7.76. The zero-order chi connectivity index (χ0) is 23.4. The first-order valence-electron chi connectivity index (χ1n) is 12.5. The van der Waals surface area contributed by atoms with Gasteiger partial charge in [0, 0.05) is 56.0 Å². The van der Waals surface area contributed by atoms with Crippen LogP contribution in [0.2, 0.25) is 0 Å². The van der Waals surface area contributed by atoms with Crippen molar-refractivity contribution in [1.29, 1.82) is 0 Å². The molecule has 3 heterocycles. The predicted molar refractivity (Wildman–Crippen MR) is 128 cm³/mol. The number of aromatic nitrogens is 1. The van der Waals surface area contributed by atoms with E-state index in [1.54, 1.807) is 23.1 Å². The topological polar surface area (TPSA) is 62.9 Å². The normalized spacial score (nSPS) is 19.3. The SMILES string of the molecule is [2H]c1cc2ccc(C(=O)N(CCCC)CC(=O)N3CCN(C4CCN(C)CC4)CC3)cc2[nH]1. The van der Waals surface area contributed by atoms with E-state index in [1.807, 2.05) is 11.0 Å². The molecule has 2 saturated heterocycles. The number of piperidine rings is 1. The van der Waals surface area contributed by atoms with Gasteiger partial charge < -0.3 is 19.7 Å². The van der Waals surface area contributed by atoms with Gasteiger partial charge in [0.2, 0.25) is 5.91 Å². The molecule has 7 heteroatoms. The van der Waals surface area contributed by atoms with Crippen LogP contribution in [0.4, 0.5) is 0 Å². The van der Waals surface area contributed by atoms with Crippen LogP contribution in [0.3, 0.4) is 0 Å². The number of nitrogens with zero attached hydrogens (tertiary/aromatic N) is 4. The molecule has 0 saturated carbocycles. The average molecular weight is 441 g/mol. The van der Waals surface area contributed by atoms with E-state index in [-0.39, 0.29) is 18.4 Å². The van der Waals surface area contributed by atoms with Crippen LogP contribution in [0, 0.1) is 0 Å². The minimum absolute atomic E-state index is 0.0388. The first-order valence-corrected chi connectivity index (χ1v) is 12.0. The Morgan fingerprint density at radius 3 is 2.59 bits per heavy atom. The Balaban J connectivity index is 1.36. The Labute approximate surface area is 192 Å². The Morgan fingerprint density at radius 2 is 1.88 bits per heavy atom. The number of rotatable bonds is 7. The number of likely N-dealkylation sites (tertiary alicyclic amines) is 1. The molecule has 32 heavy (non-hydrogen) atoms. The molecule has 4 rings (SSSR count). The highest BCUT2D eigenvalue weighted by molar-refractivity contribution is 5.99. The molecule has 2 aliphatic heterocycles. The molecule has 0 bridgehead atoms. The molecule has 0 unspecified atom stereocenters. The number of hydrogen-bond donors (Lipinski definition) is 1. The molecule has 1 aromatic heterocycles. The summed E-state index contributed by atoms with van der Waals surface area (Å²) in [6, 6.07) is 7.82. The maximum Gasteiger partial charge on any atom is 0.254 e. The van der Waals surface area contributed by atoms with Crippen LogP contribution in [0.25, 0.3) is 10.9 Å². The fourth-order valence-electron chi connectivity index (χ4n) is 4.86. The largest absolute Gasteiger partial charge is 0.361 e. The highest BCUT2D eigenvalue weighted by Gasteiger charge is 2.29. The zero-order valence-corrected chi connectivity index (χ0v) is 19.5. The second-order valence-corrected chi connectivity index (χ2v) is 9.25. The van der Waals surface area contributed by atoms with Crippen molar-refractivity contribution < 1.29 is 11.0 Å². The van der Waals surface area contributed by atoms with E-state index in [9.17, 15) is 9.59 Å². The van der Waals surface area contributed by atoms with E-state index in [0.29, 0.717) is 24.3 Å². The van der Waals surface area contributed by atoms with E-state index in [4.69, 9.17) is 1.37 Å². The summed E-state index contributed by atoms with van der Waals surface area (Å²) in [7, 11) is 2.18. The minimum Gasteiger partial charge on any atom is -0.361 e. The number of aromatic amines is 1. The number of carbonyl (C=O) groups excluding carboxylic acids is 2. The van der Waals surface area contributed by atoms with Crippen molar-refractivity contribution in [3.63, 3.8) is 0 Å². The molecule has 0 aliphatic carbocycles. The summed E-state index contributed by atoms with van der Waals surface area (Å²) >= 11 is 0. The number of H-pyrrole nitrogens is 1. The van der Waals surface area contributed by atoms with E-state index < -0.39 is 0 Å². The van der Waals surface area contributed by atoms with Crippen LogP contribution in [0.15, 0.2) is 30.4 Å². The maximum absolute atomic E-state index is 13.3. The van der Waals surface area contributed by atoms with Gasteiger partial charge in [-0.15, -0.1) is 0 Å². The summed E-state index contributed by atoms with van der Waals surface area (Å²) in [5.74, 6) is -0.0818. The quantitative estimate of drug-likeness (QED) is 0.719. The van der Waals surface area contributed by atoms with Gasteiger partial charge in [0.1, 0.15) is 6.54 Å². The van der Waals surface area contributed by atoms with Crippen LogP contribution in [0.5, 0.6) is 0 Å². The van der Waals surface area contributed by atoms with Crippen molar-refractivity contribution in [1.82, 2.24) is 24.6 Å². The standard InChI is InChI=1S/C25H37N5O2/c1-3-4-11-30(25(32)21-6-5-20-7-10-26-23(20)18-21)19-24(31)29-16-14-28(15-17-29)22-8-12-27(2)13-9-22/h5-7,10,18,22,26H,3-4,8-9,11-17,19H2,1-2H3/i10D. The fraction of sp³-hybridized carbons (Fsp3) is 0.600. The van der Waals surface area contributed by atoms with Gasteiger partial charge in [-0.2, -0.15) is 0 Å². The first-order chi connectivity index (χ1) is 15.9. The molecule has 2 aromatic rings. The monoisotopic (exact) mass is 440 g/mol. The summed E-state index contributed by atoms with van der Waals surface area (Å²) in [6.07, 6.45) is 4.56. The summed E-state index contributed by atoms with van der Waals surface area (Å²) in [5.41, 5.74) is 1.33. The van der Waals surface area contributed by atoms with Gasteiger partial charge in [0.15, 0.2) is 0 Å².